The van der Waals surface area contributed by atoms with Crippen LogP contribution in [0.1, 0.15) is 32.4 Å². The Morgan fingerprint density at radius 3 is 2.75 bits per heavy atom. The van der Waals surface area contributed by atoms with Crippen molar-refractivity contribution in [2.24, 2.45) is 5.41 Å². The average Bonchev–Trinajstić information content (AvgIpc) is 3.05. The molecule has 1 aliphatic rings. The molecule has 1 aromatic heterocycles. The normalized spacial score (nSPS) is 15.0. The molecule has 2 N–H and O–H groups in total. The van der Waals surface area contributed by atoms with Crippen molar-refractivity contribution in [3.8, 4) is 5.75 Å². The van der Waals surface area contributed by atoms with Gasteiger partial charge >= 0.3 is 0 Å². The Balaban J connectivity index is 1.81. The first-order chi connectivity index (χ1) is 11.4. The molecule has 1 fully saturated rings. The van der Waals surface area contributed by atoms with E-state index in [9.17, 15) is 4.79 Å². The van der Waals surface area contributed by atoms with Gasteiger partial charge in [0.25, 0.3) is 0 Å². The fraction of sp³-hybridized carbons (Fsp3) is 0.474. The number of carbonyl (C=O) groups excluding carboxylic acids is 1. The lowest BCUT2D eigenvalue weighted by molar-refractivity contribution is -0.140. The van der Waals surface area contributed by atoms with Crippen LogP contribution >= 0.6 is 0 Å². The molecule has 1 saturated heterocycles. The molecule has 128 valence electrons. The van der Waals surface area contributed by atoms with Gasteiger partial charge in [-0.1, -0.05) is 6.07 Å². The number of nitrogens with two attached hydrogens (primary N) is 1. The van der Waals surface area contributed by atoms with Gasteiger partial charge in [-0.05, 0) is 51.8 Å². The Labute approximate surface area is 142 Å². The molecule has 0 radical (unpaired) electrons. The van der Waals surface area contributed by atoms with Crippen molar-refractivity contribution >= 4 is 22.5 Å². The molecule has 1 amide bonds. The minimum Gasteiger partial charge on any atom is -0.492 e. The maximum atomic E-state index is 12.7. The van der Waals surface area contributed by atoms with Gasteiger partial charge in [0, 0.05) is 24.5 Å². The summed E-state index contributed by atoms with van der Waals surface area (Å²) in [5.74, 6) is 0.835. The van der Waals surface area contributed by atoms with Crippen molar-refractivity contribution in [2.45, 2.75) is 33.6 Å². The van der Waals surface area contributed by atoms with Crippen molar-refractivity contribution < 1.29 is 9.53 Å². The quantitative estimate of drug-likeness (QED) is 0.936. The van der Waals surface area contributed by atoms with E-state index in [1.165, 1.54) is 0 Å². The van der Waals surface area contributed by atoms with E-state index in [1.54, 1.807) is 0 Å². The van der Waals surface area contributed by atoms with E-state index in [0.717, 1.165) is 42.5 Å². The predicted octanol–water partition coefficient (Wildman–Crippen LogP) is 3.15. The van der Waals surface area contributed by atoms with E-state index >= 15 is 0 Å². The number of carbonyl (C=O) groups is 1. The van der Waals surface area contributed by atoms with Crippen molar-refractivity contribution in [3.63, 3.8) is 0 Å². The predicted molar refractivity (Wildman–Crippen MR) is 96.0 cm³/mol. The number of anilines is 1. The highest BCUT2D eigenvalue weighted by Crippen LogP contribution is 2.32. The number of nitrogens with zero attached hydrogens (tertiary/aromatic N) is 2. The van der Waals surface area contributed by atoms with Gasteiger partial charge in [-0.25, -0.2) is 0 Å². The van der Waals surface area contributed by atoms with Crippen molar-refractivity contribution in [2.75, 3.05) is 25.4 Å². The summed E-state index contributed by atoms with van der Waals surface area (Å²) in [5.41, 5.74) is 7.93. The van der Waals surface area contributed by atoms with E-state index in [-0.39, 0.29) is 5.91 Å². The third kappa shape index (κ3) is 3.16. The number of nitrogen functional groups attached to an aromatic ring is 1. The second kappa shape index (κ2) is 6.30. The Morgan fingerprint density at radius 1 is 1.33 bits per heavy atom. The number of aryl methyl sites for hydroxylation is 1. The molecule has 0 atom stereocenters. The molecule has 0 aliphatic carbocycles. The SMILES string of the molecule is Cc1cc(N)c2c(OCC(C)(C)C(=O)N3CCCC3)cccc2n1. The molecular formula is C19H25N3O2. The lowest BCUT2D eigenvalue weighted by Crippen LogP contribution is -2.42. The van der Waals surface area contributed by atoms with Gasteiger partial charge in [0.05, 0.1) is 16.3 Å². The van der Waals surface area contributed by atoms with E-state index in [0.29, 0.717) is 18.0 Å². The summed E-state index contributed by atoms with van der Waals surface area (Å²) < 4.78 is 6.02. The minimum atomic E-state index is -0.570. The van der Waals surface area contributed by atoms with E-state index in [1.807, 2.05) is 49.9 Å². The van der Waals surface area contributed by atoms with E-state index < -0.39 is 5.41 Å². The topological polar surface area (TPSA) is 68.5 Å². The first-order valence-corrected chi connectivity index (χ1v) is 8.46. The third-order valence-electron chi connectivity index (χ3n) is 4.51. The zero-order valence-electron chi connectivity index (χ0n) is 14.6. The summed E-state index contributed by atoms with van der Waals surface area (Å²) >= 11 is 0. The van der Waals surface area contributed by atoms with Crippen molar-refractivity contribution in [1.82, 2.24) is 9.88 Å². The maximum absolute atomic E-state index is 12.7. The number of hydrogen-bond acceptors (Lipinski definition) is 4. The Bertz CT molecular complexity index is 765. The molecule has 0 saturated carbocycles. The lowest BCUT2D eigenvalue weighted by Gasteiger charge is -2.29. The molecule has 3 rings (SSSR count). The maximum Gasteiger partial charge on any atom is 0.231 e. The smallest absolute Gasteiger partial charge is 0.231 e. The molecular weight excluding hydrogens is 302 g/mol. The van der Waals surface area contributed by atoms with Gasteiger partial charge in [-0.3, -0.25) is 9.78 Å². The van der Waals surface area contributed by atoms with Crippen LogP contribution in [0, 0.1) is 12.3 Å². The van der Waals surface area contributed by atoms with Gasteiger partial charge in [0.1, 0.15) is 12.4 Å². The van der Waals surface area contributed by atoms with Gasteiger partial charge in [-0.15, -0.1) is 0 Å². The second-order valence-corrected chi connectivity index (χ2v) is 7.18. The van der Waals surface area contributed by atoms with Gasteiger partial charge in [0.2, 0.25) is 5.91 Å². The van der Waals surface area contributed by atoms with Crippen LogP contribution in [-0.2, 0) is 4.79 Å². The number of pyridine rings is 1. The fourth-order valence-corrected chi connectivity index (χ4v) is 3.21. The number of amides is 1. The number of likely N-dealkylation sites (tertiary alicyclic amines) is 1. The first-order valence-electron chi connectivity index (χ1n) is 8.46. The first kappa shape index (κ1) is 16.6. The van der Waals surface area contributed by atoms with Gasteiger partial charge in [-0.2, -0.15) is 0 Å². The third-order valence-corrected chi connectivity index (χ3v) is 4.51. The highest BCUT2D eigenvalue weighted by molar-refractivity contribution is 5.95. The number of rotatable bonds is 4. The molecule has 0 spiro atoms. The number of fused-ring (bicyclic) bond motifs is 1. The Kier molecular flexibility index (Phi) is 4.35. The van der Waals surface area contributed by atoms with Gasteiger partial charge in [0.15, 0.2) is 0 Å². The number of ether oxygens (including phenoxy) is 1. The summed E-state index contributed by atoms with van der Waals surface area (Å²) in [6.07, 6.45) is 2.18. The molecule has 2 heterocycles. The second-order valence-electron chi connectivity index (χ2n) is 7.18. The summed E-state index contributed by atoms with van der Waals surface area (Å²) in [6, 6.07) is 7.55. The highest BCUT2D eigenvalue weighted by atomic mass is 16.5. The molecule has 1 aliphatic heterocycles. The van der Waals surface area contributed by atoms with Crippen molar-refractivity contribution in [3.05, 3.63) is 30.0 Å². The highest BCUT2D eigenvalue weighted by Gasteiger charge is 2.34. The van der Waals surface area contributed by atoms with Gasteiger partial charge < -0.3 is 15.4 Å². The summed E-state index contributed by atoms with van der Waals surface area (Å²) in [7, 11) is 0. The Morgan fingerprint density at radius 2 is 2.04 bits per heavy atom. The Hall–Kier alpha value is -2.30. The zero-order chi connectivity index (χ0) is 17.3. The van der Waals surface area contributed by atoms with E-state index in [4.69, 9.17) is 10.5 Å². The zero-order valence-corrected chi connectivity index (χ0v) is 14.6. The number of benzene rings is 1. The van der Waals surface area contributed by atoms with Crippen LogP contribution in [0.25, 0.3) is 10.9 Å². The molecule has 24 heavy (non-hydrogen) atoms. The van der Waals surface area contributed by atoms with Crippen molar-refractivity contribution in [1.29, 1.82) is 0 Å². The van der Waals surface area contributed by atoms with Crippen LogP contribution in [0.3, 0.4) is 0 Å². The average molecular weight is 327 g/mol. The monoisotopic (exact) mass is 327 g/mol. The van der Waals surface area contributed by atoms with Crippen LogP contribution in [0.2, 0.25) is 0 Å². The number of hydrogen-bond donors (Lipinski definition) is 1. The largest absolute Gasteiger partial charge is 0.492 e. The summed E-state index contributed by atoms with van der Waals surface area (Å²) in [4.78, 5) is 19.1. The van der Waals surface area contributed by atoms with Crippen LogP contribution in [-0.4, -0.2) is 35.5 Å². The molecule has 0 bridgehead atoms. The van der Waals surface area contributed by atoms with E-state index in [2.05, 4.69) is 4.98 Å². The lowest BCUT2D eigenvalue weighted by atomic mass is 9.93. The molecule has 5 nitrogen and oxygen atoms in total. The molecule has 2 aromatic rings. The number of aromatic nitrogens is 1. The van der Waals surface area contributed by atoms with Crippen LogP contribution in [0.5, 0.6) is 5.75 Å². The summed E-state index contributed by atoms with van der Waals surface area (Å²) in [6.45, 7) is 7.81. The molecule has 1 aromatic carbocycles. The minimum absolute atomic E-state index is 0.155. The molecule has 5 heteroatoms. The van der Waals surface area contributed by atoms with Crippen LogP contribution < -0.4 is 10.5 Å². The fourth-order valence-electron chi connectivity index (χ4n) is 3.21. The van der Waals surface area contributed by atoms with Crippen LogP contribution in [0.15, 0.2) is 24.3 Å². The standard InChI is InChI=1S/C19H25N3O2/c1-13-11-14(20)17-15(21-13)7-6-8-16(17)24-12-19(2,3)18(23)22-9-4-5-10-22/h6-8,11H,4-5,9-10,12H2,1-3H3,(H2,20,21). The van der Waals surface area contributed by atoms with Crippen LogP contribution in [0.4, 0.5) is 5.69 Å². The molecule has 0 unspecified atom stereocenters. The summed E-state index contributed by atoms with van der Waals surface area (Å²) in [5, 5.41) is 0.813.